The summed E-state index contributed by atoms with van der Waals surface area (Å²) in [7, 11) is 0. The predicted octanol–water partition coefficient (Wildman–Crippen LogP) is 3.09. The molecule has 0 aliphatic heterocycles. The molecule has 0 N–H and O–H groups in total. The van der Waals surface area contributed by atoms with Crippen molar-refractivity contribution in [3.05, 3.63) is 29.0 Å². The van der Waals surface area contributed by atoms with E-state index in [-0.39, 0.29) is 0 Å². The van der Waals surface area contributed by atoms with Crippen LogP contribution in [0.15, 0.2) is 18.5 Å². The Labute approximate surface area is 104 Å². The largest absolute Gasteiger partial charge is 0.295 e. The SMILES string of the molecule is Clc1cnccc1CN(CCBr)C1CC1. The molecule has 1 aliphatic carbocycles. The number of alkyl halides is 1. The van der Waals surface area contributed by atoms with Gasteiger partial charge in [-0.2, -0.15) is 0 Å². The minimum atomic E-state index is 0.770. The average Bonchev–Trinajstić information content (AvgIpc) is 3.04. The summed E-state index contributed by atoms with van der Waals surface area (Å²) >= 11 is 9.58. The van der Waals surface area contributed by atoms with Crippen molar-refractivity contribution in [2.24, 2.45) is 0 Å². The Morgan fingerprint density at radius 2 is 2.33 bits per heavy atom. The molecule has 1 saturated carbocycles. The maximum Gasteiger partial charge on any atom is 0.0634 e. The van der Waals surface area contributed by atoms with Crippen LogP contribution in [0.2, 0.25) is 5.02 Å². The standard InChI is InChI=1S/C11H14BrClN2/c12-4-6-15(10-1-2-10)8-9-3-5-14-7-11(9)13/h3,5,7,10H,1-2,4,6,8H2. The fraction of sp³-hybridized carbons (Fsp3) is 0.545. The third-order valence-corrected chi connectivity index (χ3v) is 3.36. The molecule has 82 valence electrons. The van der Waals surface area contributed by atoms with Crippen LogP contribution in [-0.4, -0.2) is 27.8 Å². The van der Waals surface area contributed by atoms with Gasteiger partial charge >= 0.3 is 0 Å². The number of nitrogens with zero attached hydrogens (tertiary/aromatic N) is 2. The molecular weight excluding hydrogens is 275 g/mol. The van der Waals surface area contributed by atoms with E-state index in [1.807, 2.05) is 6.07 Å². The lowest BCUT2D eigenvalue weighted by atomic mass is 10.2. The molecule has 0 atom stereocenters. The summed E-state index contributed by atoms with van der Waals surface area (Å²) in [5.41, 5.74) is 1.18. The molecule has 0 amide bonds. The fourth-order valence-electron chi connectivity index (χ4n) is 1.69. The third-order valence-electron chi connectivity index (χ3n) is 2.66. The van der Waals surface area contributed by atoms with Crippen molar-refractivity contribution >= 4 is 27.5 Å². The Hall–Kier alpha value is -0.120. The highest BCUT2D eigenvalue weighted by atomic mass is 79.9. The van der Waals surface area contributed by atoms with Crippen LogP contribution in [0.5, 0.6) is 0 Å². The quantitative estimate of drug-likeness (QED) is 0.774. The van der Waals surface area contributed by atoms with Crippen molar-refractivity contribution in [2.45, 2.75) is 25.4 Å². The molecule has 0 bridgehead atoms. The Balaban J connectivity index is 2.02. The highest BCUT2D eigenvalue weighted by Gasteiger charge is 2.28. The van der Waals surface area contributed by atoms with Crippen LogP contribution in [0.1, 0.15) is 18.4 Å². The van der Waals surface area contributed by atoms with Crippen LogP contribution in [0.4, 0.5) is 0 Å². The maximum atomic E-state index is 6.09. The van der Waals surface area contributed by atoms with Gasteiger partial charge in [0.25, 0.3) is 0 Å². The van der Waals surface area contributed by atoms with E-state index in [9.17, 15) is 0 Å². The van der Waals surface area contributed by atoms with Gasteiger partial charge in [-0.3, -0.25) is 9.88 Å². The molecule has 15 heavy (non-hydrogen) atoms. The van der Waals surface area contributed by atoms with Crippen molar-refractivity contribution in [1.29, 1.82) is 0 Å². The van der Waals surface area contributed by atoms with Crippen LogP contribution < -0.4 is 0 Å². The number of aromatic nitrogens is 1. The average molecular weight is 290 g/mol. The van der Waals surface area contributed by atoms with Crippen molar-refractivity contribution in [3.63, 3.8) is 0 Å². The van der Waals surface area contributed by atoms with Gasteiger partial charge in [0.05, 0.1) is 5.02 Å². The van der Waals surface area contributed by atoms with Crippen molar-refractivity contribution < 1.29 is 0 Å². The lowest BCUT2D eigenvalue weighted by Crippen LogP contribution is -2.27. The van der Waals surface area contributed by atoms with E-state index in [2.05, 4.69) is 25.8 Å². The van der Waals surface area contributed by atoms with Crippen molar-refractivity contribution in [1.82, 2.24) is 9.88 Å². The smallest absolute Gasteiger partial charge is 0.0634 e. The Morgan fingerprint density at radius 3 is 2.93 bits per heavy atom. The van der Waals surface area contributed by atoms with Crippen LogP contribution in [0, 0.1) is 0 Å². The molecule has 0 spiro atoms. The van der Waals surface area contributed by atoms with Crippen LogP contribution in [0.3, 0.4) is 0 Å². The normalized spacial score (nSPS) is 15.9. The van der Waals surface area contributed by atoms with E-state index in [1.165, 1.54) is 18.4 Å². The first-order valence-electron chi connectivity index (χ1n) is 5.19. The van der Waals surface area contributed by atoms with Gasteiger partial charge in [0.1, 0.15) is 0 Å². The molecule has 1 fully saturated rings. The van der Waals surface area contributed by atoms with E-state index in [4.69, 9.17) is 11.6 Å². The van der Waals surface area contributed by atoms with E-state index in [0.717, 1.165) is 29.5 Å². The number of rotatable bonds is 5. The summed E-state index contributed by atoms with van der Waals surface area (Å²) in [6.45, 7) is 2.03. The zero-order valence-corrected chi connectivity index (χ0v) is 10.8. The Morgan fingerprint density at radius 1 is 1.53 bits per heavy atom. The molecule has 1 aliphatic rings. The summed E-state index contributed by atoms with van der Waals surface area (Å²) in [4.78, 5) is 6.48. The lowest BCUT2D eigenvalue weighted by Gasteiger charge is -2.21. The lowest BCUT2D eigenvalue weighted by molar-refractivity contribution is 0.272. The summed E-state index contributed by atoms with van der Waals surface area (Å²) in [6.07, 6.45) is 6.18. The second-order valence-corrected chi connectivity index (χ2v) is 5.06. The van der Waals surface area contributed by atoms with Gasteiger partial charge < -0.3 is 0 Å². The molecule has 2 rings (SSSR count). The maximum absolute atomic E-state index is 6.09. The topological polar surface area (TPSA) is 16.1 Å². The first kappa shape index (κ1) is 11.4. The third kappa shape index (κ3) is 3.16. The summed E-state index contributed by atoms with van der Waals surface area (Å²) < 4.78 is 0. The molecule has 1 aromatic rings. The van der Waals surface area contributed by atoms with Gasteiger partial charge in [-0.05, 0) is 24.5 Å². The van der Waals surface area contributed by atoms with E-state index in [0.29, 0.717) is 0 Å². The highest BCUT2D eigenvalue weighted by Crippen LogP contribution is 2.29. The molecule has 0 saturated heterocycles. The number of halogens is 2. The summed E-state index contributed by atoms with van der Waals surface area (Å²) in [5.74, 6) is 0. The monoisotopic (exact) mass is 288 g/mol. The minimum Gasteiger partial charge on any atom is -0.295 e. The van der Waals surface area contributed by atoms with Gasteiger partial charge in [0.15, 0.2) is 0 Å². The Bertz CT molecular complexity index is 328. The van der Waals surface area contributed by atoms with Crippen molar-refractivity contribution in [3.8, 4) is 0 Å². The molecule has 1 aromatic heterocycles. The second-order valence-electron chi connectivity index (χ2n) is 3.86. The molecule has 0 radical (unpaired) electrons. The molecule has 1 heterocycles. The summed E-state index contributed by atoms with van der Waals surface area (Å²) in [5, 5.41) is 1.80. The number of pyridine rings is 1. The van der Waals surface area contributed by atoms with E-state index in [1.54, 1.807) is 12.4 Å². The van der Waals surface area contributed by atoms with Crippen LogP contribution in [-0.2, 0) is 6.54 Å². The zero-order chi connectivity index (χ0) is 10.7. The fourth-order valence-corrected chi connectivity index (χ4v) is 2.32. The van der Waals surface area contributed by atoms with Gasteiger partial charge in [0.2, 0.25) is 0 Å². The van der Waals surface area contributed by atoms with Gasteiger partial charge in [-0.25, -0.2) is 0 Å². The molecular formula is C11H14BrClN2. The first-order chi connectivity index (χ1) is 7.31. The van der Waals surface area contributed by atoms with Crippen LogP contribution in [0.25, 0.3) is 0 Å². The highest BCUT2D eigenvalue weighted by molar-refractivity contribution is 9.09. The zero-order valence-electron chi connectivity index (χ0n) is 8.50. The van der Waals surface area contributed by atoms with Crippen molar-refractivity contribution in [2.75, 3.05) is 11.9 Å². The van der Waals surface area contributed by atoms with Crippen LogP contribution >= 0.6 is 27.5 Å². The predicted molar refractivity (Wildman–Crippen MR) is 66.5 cm³/mol. The molecule has 0 unspecified atom stereocenters. The van der Waals surface area contributed by atoms with E-state index < -0.39 is 0 Å². The second kappa shape index (κ2) is 5.28. The Kier molecular flexibility index (Phi) is 4.00. The van der Waals surface area contributed by atoms with Gasteiger partial charge in [-0.1, -0.05) is 27.5 Å². The minimum absolute atomic E-state index is 0.770. The van der Waals surface area contributed by atoms with E-state index >= 15 is 0 Å². The summed E-state index contributed by atoms with van der Waals surface area (Å²) in [6, 6.07) is 2.78. The van der Waals surface area contributed by atoms with Gasteiger partial charge in [0, 0.05) is 36.9 Å². The molecule has 2 nitrogen and oxygen atoms in total. The molecule has 0 aromatic carbocycles. The number of hydrogen-bond acceptors (Lipinski definition) is 2. The number of hydrogen-bond donors (Lipinski definition) is 0. The first-order valence-corrected chi connectivity index (χ1v) is 6.69. The molecule has 4 heteroatoms. The van der Waals surface area contributed by atoms with Gasteiger partial charge in [-0.15, -0.1) is 0 Å².